The summed E-state index contributed by atoms with van der Waals surface area (Å²) in [7, 11) is -3.57. The summed E-state index contributed by atoms with van der Waals surface area (Å²) in [5.74, 6) is -1.38. The number of hydrogen-bond donors (Lipinski definition) is 2. The lowest BCUT2D eigenvalue weighted by molar-refractivity contribution is -0.139. The van der Waals surface area contributed by atoms with Crippen molar-refractivity contribution >= 4 is 33.2 Å². The molecule has 3 rings (SSSR count). The average Bonchev–Trinajstić information content (AvgIpc) is 3.26. The molecule has 2 heterocycles. The molecular weight excluding hydrogens is 410 g/mol. The highest BCUT2D eigenvalue weighted by molar-refractivity contribution is 7.89. The second-order valence-electron chi connectivity index (χ2n) is 6.89. The number of carbonyl (C=O) groups is 2. The van der Waals surface area contributed by atoms with Crippen molar-refractivity contribution in [2.75, 3.05) is 13.1 Å². The van der Waals surface area contributed by atoms with Crippen LogP contribution in [0.3, 0.4) is 0 Å². The molecule has 0 bridgehead atoms. The Morgan fingerprint density at radius 3 is 2.52 bits per heavy atom. The van der Waals surface area contributed by atoms with Crippen molar-refractivity contribution in [3.8, 4) is 0 Å². The van der Waals surface area contributed by atoms with Crippen LogP contribution in [0, 0.1) is 0 Å². The number of nitrogens with zero attached hydrogens (tertiary/aromatic N) is 1. The van der Waals surface area contributed by atoms with Crippen LogP contribution in [0.4, 0.5) is 0 Å². The standard InChI is InChI=1S/C20H25N3O4S2/c24-19(20(25)22-15-17-8-6-14-28-17)21-12-11-16-7-4-5-13-23(16)29(26,27)18-9-2-1-3-10-18/h1-3,6,8-10,14,16H,4-5,7,11-13,15H2,(H,21,24)(H,22,25)/t16-/m1/s1. The van der Waals surface area contributed by atoms with Crippen LogP contribution in [0.1, 0.15) is 30.6 Å². The van der Waals surface area contributed by atoms with Crippen molar-refractivity contribution in [3.63, 3.8) is 0 Å². The van der Waals surface area contributed by atoms with Crippen LogP contribution in [0.2, 0.25) is 0 Å². The van der Waals surface area contributed by atoms with Gasteiger partial charge in [-0.1, -0.05) is 30.7 Å². The number of sulfonamides is 1. The van der Waals surface area contributed by atoms with Crippen molar-refractivity contribution < 1.29 is 18.0 Å². The van der Waals surface area contributed by atoms with Gasteiger partial charge in [-0.3, -0.25) is 9.59 Å². The van der Waals surface area contributed by atoms with Crippen molar-refractivity contribution in [2.24, 2.45) is 0 Å². The number of hydrogen-bond acceptors (Lipinski definition) is 5. The molecule has 2 N–H and O–H groups in total. The summed E-state index contributed by atoms with van der Waals surface area (Å²) in [6, 6.07) is 12.0. The zero-order chi connectivity index (χ0) is 20.7. The first-order chi connectivity index (χ1) is 14.0. The molecule has 0 radical (unpaired) electrons. The maximum atomic E-state index is 13.0. The van der Waals surface area contributed by atoms with Gasteiger partial charge in [0.25, 0.3) is 0 Å². The highest BCUT2D eigenvalue weighted by Gasteiger charge is 2.33. The molecule has 1 aromatic heterocycles. The van der Waals surface area contributed by atoms with E-state index >= 15 is 0 Å². The summed E-state index contributed by atoms with van der Waals surface area (Å²) in [5, 5.41) is 7.09. The molecule has 29 heavy (non-hydrogen) atoms. The summed E-state index contributed by atoms with van der Waals surface area (Å²) in [4.78, 5) is 25.1. The molecule has 156 valence electrons. The second-order valence-corrected chi connectivity index (χ2v) is 9.81. The molecule has 0 saturated carbocycles. The number of benzene rings is 1. The van der Waals surface area contributed by atoms with E-state index in [1.807, 2.05) is 17.5 Å². The molecule has 9 heteroatoms. The van der Waals surface area contributed by atoms with Gasteiger partial charge in [0, 0.05) is 24.0 Å². The van der Waals surface area contributed by atoms with E-state index in [-0.39, 0.29) is 17.5 Å². The molecule has 1 aliphatic heterocycles. The van der Waals surface area contributed by atoms with Gasteiger partial charge >= 0.3 is 11.8 Å². The van der Waals surface area contributed by atoms with E-state index in [9.17, 15) is 18.0 Å². The summed E-state index contributed by atoms with van der Waals surface area (Å²) in [6.45, 7) is 1.03. The van der Waals surface area contributed by atoms with E-state index in [4.69, 9.17) is 0 Å². The topological polar surface area (TPSA) is 95.6 Å². The van der Waals surface area contributed by atoms with Gasteiger partial charge in [0.1, 0.15) is 0 Å². The van der Waals surface area contributed by atoms with Crippen LogP contribution < -0.4 is 10.6 Å². The molecule has 1 aliphatic rings. The molecule has 1 atom stereocenters. The van der Waals surface area contributed by atoms with Gasteiger partial charge in [-0.2, -0.15) is 4.31 Å². The molecule has 2 aromatic rings. The third kappa shape index (κ3) is 5.65. The molecule has 0 unspecified atom stereocenters. The Bertz CT molecular complexity index is 914. The van der Waals surface area contributed by atoms with Crippen LogP contribution in [0.15, 0.2) is 52.7 Å². The Labute approximate surface area is 175 Å². The number of thiophene rings is 1. The van der Waals surface area contributed by atoms with Gasteiger partial charge in [-0.15, -0.1) is 11.3 Å². The summed E-state index contributed by atoms with van der Waals surface area (Å²) in [5.41, 5.74) is 0. The van der Waals surface area contributed by atoms with Crippen LogP contribution in [0.5, 0.6) is 0 Å². The minimum atomic E-state index is -3.57. The van der Waals surface area contributed by atoms with E-state index < -0.39 is 21.8 Å². The van der Waals surface area contributed by atoms with Gasteiger partial charge in [0.15, 0.2) is 0 Å². The maximum Gasteiger partial charge on any atom is 0.309 e. The Balaban J connectivity index is 1.51. The zero-order valence-corrected chi connectivity index (χ0v) is 17.7. The summed E-state index contributed by atoms with van der Waals surface area (Å²) >= 11 is 1.51. The fourth-order valence-corrected chi connectivity index (χ4v) is 5.79. The third-order valence-electron chi connectivity index (χ3n) is 4.90. The van der Waals surface area contributed by atoms with E-state index in [1.165, 1.54) is 15.6 Å². The monoisotopic (exact) mass is 435 g/mol. The first-order valence-electron chi connectivity index (χ1n) is 9.64. The van der Waals surface area contributed by atoms with Gasteiger partial charge in [0.05, 0.1) is 11.4 Å². The minimum absolute atomic E-state index is 0.191. The lowest BCUT2D eigenvalue weighted by Crippen LogP contribution is -2.46. The number of rotatable bonds is 7. The highest BCUT2D eigenvalue weighted by atomic mass is 32.2. The Hall–Kier alpha value is -2.23. The minimum Gasteiger partial charge on any atom is -0.348 e. The molecule has 0 spiro atoms. The number of amides is 2. The highest BCUT2D eigenvalue weighted by Crippen LogP contribution is 2.26. The van der Waals surface area contributed by atoms with Crippen LogP contribution in [-0.4, -0.2) is 43.7 Å². The molecule has 1 aromatic carbocycles. The molecule has 1 saturated heterocycles. The predicted molar refractivity (Wildman–Crippen MR) is 112 cm³/mol. The Morgan fingerprint density at radius 1 is 1.03 bits per heavy atom. The van der Waals surface area contributed by atoms with Crippen LogP contribution in [-0.2, 0) is 26.2 Å². The van der Waals surface area contributed by atoms with Gasteiger partial charge in [-0.25, -0.2) is 8.42 Å². The average molecular weight is 436 g/mol. The third-order valence-corrected chi connectivity index (χ3v) is 7.74. The van der Waals surface area contributed by atoms with Gasteiger partial charge < -0.3 is 10.6 Å². The molecule has 2 amide bonds. The zero-order valence-electron chi connectivity index (χ0n) is 16.0. The van der Waals surface area contributed by atoms with Crippen molar-refractivity contribution in [1.29, 1.82) is 0 Å². The number of piperidine rings is 1. The van der Waals surface area contributed by atoms with Crippen LogP contribution in [0.25, 0.3) is 0 Å². The number of carbonyl (C=O) groups excluding carboxylic acids is 2. The lowest BCUT2D eigenvalue weighted by atomic mass is 10.0. The maximum absolute atomic E-state index is 13.0. The first kappa shape index (κ1) is 21.5. The molecule has 0 aliphatic carbocycles. The van der Waals surface area contributed by atoms with Crippen molar-refractivity contribution in [3.05, 3.63) is 52.7 Å². The lowest BCUT2D eigenvalue weighted by Gasteiger charge is -2.34. The fourth-order valence-electron chi connectivity index (χ4n) is 3.40. The molecule has 7 nitrogen and oxygen atoms in total. The Morgan fingerprint density at radius 2 is 1.79 bits per heavy atom. The summed E-state index contributed by atoms with van der Waals surface area (Å²) in [6.07, 6.45) is 2.98. The van der Waals surface area contributed by atoms with E-state index in [0.717, 1.165) is 24.1 Å². The quantitative estimate of drug-likeness (QED) is 0.651. The fraction of sp³-hybridized carbons (Fsp3) is 0.400. The normalized spacial score (nSPS) is 17.6. The van der Waals surface area contributed by atoms with E-state index in [2.05, 4.69) is 10.6 Å². The second kappa shape index (κ2) is 10.00. The predicted octanol–water partition coefficient (Wildman–Crippen LogP) is 2.11. The summed E-state index contributed by atoms with van der Waals surface area (Å²) < 4.78 is 27.5. The molecular formula is C20H25N3O4S2. The van der Waals surface area contributed by atoms with Crippen molar-refractivity contribution in [2.45, 2.75) is 43.2 Å². The number of nitrogens with one attached hydrogen (secondary N) is 2. The van der Waals surface area contributed by atoms with E-state index in [0.29, 0.717) is 19.5 Å². The SMILES string of the molecule is O=C(NCC[C@H]1CCCCN1S(=O)(=O)c1ccccc1)C(=O)NCc1cccs1. The van der Waals surface area contributed by atoms with E-state index in [1.54, 1.807) is 30.3 Å². The largest absolute Gasteiger partial charge is 0.348 e. The van der Waals surface area contributed by atoms with Crippen molar-refractivity contribution in [1.82, 2.24) is 14.9 Å². The smallest absolute Gasteiger partial charge is 0.309 e. The molecule has 1 fully saturated rings. The van der Waals surface area contributed by atoms with Crippen LogP contribution >= 0.6 is 11.3 Å². The first-order valence-corrected chi connectivity index (χ1v) is 12.0. The Kier molecular flexibility index (Phi) is 7.40. The van der Waals surface area contributed by atoms with Gasteiger partial charge in [0.2, 0.25) is 10.0 Å². The van der Waals surface area contributed by atoms with Gasteiger partial charge in [-0.05, 0) is 42.8 Å².